The van der Waals surface area contributed by atoms with E-state index in [0.29, 0.717) is 6.54 Å². The Labute approximate surface area is 68.4 Å². The van der Waals surface area contributed by atoms with Crippen LogP contribution in [0.2, 0.25) is 0 Å². The van der Waals surface area contributed by atoms with Crippen molar-refractivity contribution in [1.82, 2.24) is 5.32 Å². The summed E-state index contributed by atoms with van der Waals surface area (Å²) in [6.07, 6.45) is 6.30. The molecule has 1 rings (SSSR count). The van der Waals surface area contributed by atoms with Gasteiger partial charge in [-0.25, -0.2) is 4.39 Å². The lowest BCUT2D eigenvalue weighted by molar-refractivity contribution is 0.145. The molecular weight excluding hydrogens is 141 g/mol. The van der Waals surface area contributed by atoms with Crippen LogP contribution in [-0.2, 0) is 0 Å². The second kappa shape index (κ2) is 5.15. The maximum Gasteiger partial charge on any atom is 0.120 e. The molecule has 0 radical (unpaired) electrons. The summed E-state index contributed by atoms with van der Waals surface area (Å²) in [4.78, 5) is 0. The molecule has 0 aromatic rings. The number of hydrogen-bond donors (Lipinski definition) is 1. The molecule has 1 aliphatic rings. The summed E-state index contributed by atoms with van der Waals surface area (Å²) < 4.78 is 12.8. The van der Waals surface area contributed by atoms with E-state index in [-0.39, 0.29) is 0 Å². The number of alkyl halides is 1. The topological polar surface area (TPSA) is 12.0 Å². The SMILES string of the molecule is C#CC.C[C@]1(F)CCCNC1. The van der Waals surface area contributed by atoms with Gasteiger partial charge in [0.05, 0.1) is 0 Å². The Morgan fingerprint density at radius 3 is 2.36 bits per heavy atom. The molecule has 0 saturated carbocycles. The lowest BCUT2D eigenvalue weighted by Crippen LogP contribution is -2.39. The second-order valence-corrected chi connectivity index (χ2v) is 2.98. The summed E-state index contributed by atoms with van der Waals surface area (Å²) in [5.74, 6) is 2.25. The molecule has 0 amide bonds. The van der Waals surface area contributed by atoms with Gasteiger partial charge in [0.15, 0.2) is 0 Å². The highest BCUT2D eigenvalue weighted by Gasteiger charge is 2.24. The van der Waals surface area contributed by atoms with Crippen LogP contribution < -0.4 is 5.32 Å². The summed E-state index contributed by atoms with van der Waals surface area (Å²) >= 11 is 0. The molecule has 1 aliphatic heterocycles. The molecule has 11 heavy (non-hydrogen) atoms. The molecular formula is C9H16FN. The first-order chi connectivity index (χ1) is 5.12. The minimum atomic E-state index is -0.932. The molecule has 1 fully saturated rings. The fraction of sp³-hybridized carbons (Fsp3) is 0.778. The van der Waals surface area contributed by atoms with Crippen molar-refractivity contribution in [3.63, 3.8) is 0 Å². The molecule has 0 spiro atoms. The van der Waals surface area contributed by atoms with Crippen molar-refractivity contribution < 1.29 is 4.39 Å². The molecule has 1 N–H and O–H groups in total. The predicted octanol–water partition coefficient (Wildman–Crippen LogP) is 1.74. The molecule has 0 bridgehead atoms. The van der Waals surface area contributed by atoms with E-state index in [2.05, 4.69) is 17.7 Å². The summed E-state index contributed by atoms with van der Waals surface area (Å²) in [5, 5.41) is 3.00. The molecule has 0 aliphatic carbocycles. The normalized spacial score (nSPS) is 29.6. The van der Waals surface area contributed by atoms with E-state index in [9.17, 15) is 4.39 Å². The maximum atomic E-state index is 12.8. The maximum absolute atomic E-state index is 12.8. The Kier molecular flexibility index (Phi) is 4.89. The van der Waals surface area contributed by atoms with Gasteiger partial charge in [0.2, 0.25) is 0 Å². The largest absolute Gasteiger partial charge is 0.314 e. The quantitative estimate of drug-likeness (QED) is 0.528. The molecule has 0 unspecified atom stereocenters. The summed E-state index contributed by atoms with van der Waals surface area (Å²) in [7, 11) is 0. The van der Waals surface area contributed by atoms with Crippen molar-refractivity contribution in [1.29, 1.82) is 0 Å². The second-order valence-electron chi connectivity index (χ2n) is 2.98. The van der Waals surface area contributed by atoms with Gasteiger partial charge in [-0.15, -0.1) is 12.3 Å². The summed E-state index contributed by atoms with van der Waals surface area (Å²) in [6.45, 7) is 4.83. The molecule has 0 aromatic heterocycles. The zero-order valence-corrected chi connectivity index (χ0v) is 7.28. The molecule has 1 nitrogen and oxygen atoms in total. The van der Waals surface area contributed by atoms with E-state index in [1.165, 1.54) is 0 Å². The van der Waals surface area contributed by atoms with Crippen molar-refractivity contribution >= 4 is 0 Å². The van der Waals surface area contributed by atoms with Crippen LogP contribution in [0.5, 0.6) is 0 Å². The molecule has 1 saturated heterocycles. The first kappa shape index (κ1) is 10.4. The van der Waals surface area contributed by atoms with Crippen molar-refractivity contribution in [2.75, 3.05) is 13.1 Å². The Balaban J connectivity index is 0.000000292. The van der Waals surface area contributed by atoms with Gasteiger partial charge in [-0.2, -0.15) is 0 Å². The van der Waals surface area contributed by atoms with Crippen LogP contribution in [0.15, 0.2) is 0 Å². The van der Waals surface area contributed by atoms with Gasteiger partial charge >= 0.3 is 0 Å². The Morgan fingerprint density at radius 2 is 2.18 bits per heavy atom. The van der Waals surface area contributed by atoms with Gasteiger partial charge in [-0.05, 0) is 33.2 Å². The molecule has 1 atom stereocenters. The number of halogens is 1. The number of nitrogens with one attached hydrogen (secondary N) is 1. The van der Waals surface area contributed by atoms with E-state index in [1.807, 2.05) is 0 Å². The van der Waals surface area contributed by atoms with Crippen LogP contribution in [0.25, 0.3) is 0 Å². The lowest BCUT2D eigenvalue weighted by atomic mass is 9.99. The van der Waals surface area contributed by atoms with Gasteiger partial charge in [-0.1, -0.05) is 0 Å². The van der Waals surface area contributed by atoms with Gasteiger partial charge in [0, 0.05) is 6.54 Å². The first-order valence-corrected chi connectivity index (χ1v) is 3.89. The number of piperidine rings is 1. The number of hydrogen-bond acceptors (Lipinski definition) is 1. The summed E-state index contributed by atoms with van der Waals surface area (Å²) in [6, 6.07) is 0. The highest BCUT2D eigenvalue weighted by Crippen LogP contribution is 2.18. The number of rotatable bonds is 0. The van der Waals surface area contributed by atoms with Crippen molar-refractivity contribution in [3.8, 4) is 12.3 Å². The Morgan fingerprint density at radius 1 is 1.64 bits per heavy atom. The van der Waals surface area contributed by atoms with E-state index < -0.39 is 5.67 Å². The van der Waals surface area contributed by atoms with Crippen LogP contribution in [0.1, 0.15) is 26.7 Å². The Hall–Kier alpha value is -0.550. The minimum Gasteiger partial charge on any atom is -0.314 e. The van der Waals surface area contributed by atoms with E-state index in [4.69, 9.17) is 0 Å². The zero-order chi connectivity index (χ0) is 8.74. The molecule has 2 heteroatoms. The smallest absolute Gasteiger partial charge is 0.120 e. The van der Waals surface area contributed by atoms with E-state index in [1.54, 1.807) is 13.8 Å². The third kappa shape index (κ3) is 5.87. The molecule has 64 valence electrons. The average Bonchev–Trinajstić information content (AvgIpc) is 1.88. The van der Waals surface area contributed by atoms with Crippen LogP contribution in [-0.4, -0.2) is 18.8 Å². The highest BCUT2D eigenvalue weighted by atomic mass is 19.1. The summed E-state index contributed by atoms with van der Waals surface area (Å²) in [5.41, 5.74) is -0.932. The van der Waals surface area contributed by atoms with Gasteiger partial charge < -0.3 is 5.32 Å². The van der Waals surface area contributed by atoms with Crippen LogP contribution in [0.4, 0.5) is 4.39 Å². The van der Waals surface area contributed by atoms with Crippen LogP contribution in [0.3, 0.4) is 0 Å². The fourth-order valence-electron chi connectivity index (χ4n) is 1.02. The van der Waals surface area contributed by atoms with Gasteiger partial charge in [0.25, 0.3) is 0 Å². The van der Waals surface area contributed by atoms with Crippen molar-refractivity contribution in [2.45, 2.75) is 32.4 Å². The first-order valence-electron chi connectivity index (χ1n) is 3.89. The lowest BCUT2D eigenvalue weighted by Gasteiger charge is -2.25. The van der Waals surface area contributed by atoms with Crippen LogP contribution >= 0.6 is 0 Å². The third-order valence-corrected chi connectivity index (χ3v) is 1.55. The predicted molar refractivity (Wildman–Crippen MR) is 46.1 cm³/mol. The Bertz CT molecular complexity index is 127. The highest BCUT2D eigenvalue weighted by molar-refractivity contribution is 4.80. The standard InChI is InChI=1S/C6H12FN.C3H4/c1-6(7)3-2-4-8-5-6;1-3-2/h8H,2-5H2,1H3;1H,2H3/t6-;/m0./s1. The van der Waals surface area contributed by atoms with Crippen molar-refractivity contribution in [2.24, 2.45) is 0 Å². The monoisotopic (exact) mass is 157 g/mol. The van der Waals surface area contributed by atoms with Gasteiger partial charge in [0.1, 0.15) is 5.67 Å². The minimum absolute atomic E-state index is 0.535. The number of terminal acetylenes is 1. The van der Waals surface area contributed by atoms with Crippen molar-refractivity contribution in [3.05, 3.63) is 0 Å². The molecule has 1 heterocycles. The zero-order valence-electron chi connectivity index (χ0n) is 7.28. The fourth-order valence-corrected chi connectivity index (χ4v) is 1.02. The molecule has 0 aromatic carbocycles. The van der Waals surface area contributed by atoms with E-state index >= 15 is 0 Å². The average molecular weight is 157 g/mol. The third-order valence-electron chi connectivity index (χ3n) is 1.55. The van der Waals surface area contributed by atoms with Crippen LogP contribution in [0, 0.1) is 12.3 Å². The van der Waals surface area contributed by atoms with E-state index in [0.717, 1.165) is 19.4 Å². The van der Waals surface area contributed by atoms with Gasteiger partial charge in [-0.3, -0.25) is 0 Å².